The van der Waals surface area contributed by atoms with Crippen LogP contribution in [-0.4, -0.2) is 129 Å². The van der Waals surface area contributed by atoms with Gasteiger partial charge in [0.2, 0.25) is 0 Å². The molecular formula is C55H78N6O13S2Si. The molecule has 3 atom stereocenters. The van der Waals surface area contributed by atoms with E-state index < -0.39 is 31.0 Å². The molecule has 3 heterocycles. The molecule has 4 amide bonds. The maximum absolute atomic E-state index is 14.6. The number of likely N-dealkylation sites (tertiary alicyclic amines) is 2. The maximum Gasteiger partial charge on any atom is 0.412 e. The summed E-state index contributed by atoms with van der Waals surface area (Å²) in [6, 6.07) is 8.99. The van der Waals surface area contributed by atoms with Crippen molar-refractivity contribution >= 4 is 71.0 Å². The monoisotopic (exact) mass is 1120 g/mol. The number of nitrogens with zero attached hydrogens (tertiary/aromatic N) is 4. The number of amides is 4. The van der Waals surface area contributed by atoms with Gasteiger partial charge in [-0.1, -0.05) is 69.7 Å². The molecule has 2 fully saturated rings. The molecule has 2 N–H and O–H groups in total. The number of ether oxygens (including phenoxy) is 6. The molecule has 19 nitrogen and oxygen atoms in total. The minimum absolute atomic E-state index is 0.0192. The number of unbranched alkanes of at least 4 members (excludes halogenated alkanes) is 2. The number of aromatic nitrogens is 1. The Balaban J connectivity index is 1.27. The Morgan fingerprint density at radius 2 is 1.34 bits per heavy atom. The number of methoxy groups -OCH3 is 2. The van der Waals surface area contributed by atoms with Gasteiger partial charge in [-0.2, -0.15) is 0 Å². The minimum Gasteiger partial charge on any atom is -0.493 e. The zero-order chi connectivity index (χ0) is 56.8. The van der Waals surface area contributed by atoms with Crippen LogP contribution in [0.3, 0.4) is 0 Å². The average molecular weight is 1120 g/mol. The van der Waals surface area contributed by atoms with E-state index in [2.05, 4.69) is 62.6 Å². The fourth-order valence-electron chi connectivity index (χ4n) is 8.13. The fraction of sp³-hybridized carbons (Fsp3) is 0.545. The van der Waals surface area contributed by atoms with Crippen molar-refractivity contribution in [2.45, 2.75) is 146 Å². The van der Waals surface area contributed by atoms with Crippen LogP contribution in [-0.2, 0) is 13.9 Å². The molecule has 2 aliphatic rings. The molecular weight excluding hydrogens is 1040 g/mol. The quantitative estimate of drug-likeness (QED) is 0.0201. The molecule has 0 aliphatic carbocycles. The lowest BCUT2D eigenvalue weighted by Crippen LogP contribution is -2.46. The van der Waals surface area contributed by atoms with E-state index >= 15 is 0 Å². The summed E-state index contributed by atoms with van der Waals surface area (Å²) >= 11 is 0. The molecule has 3 aromatic rings. The van der Waals surface area contributed by atoms with Crippen LogP contribution in [0.1, 0.15) is 121 Å². The smallest absolute Gasteiger partial charge is 0.412 e. The summed E-state index contributed by atoms with van der Waals surface area (Å²) in [5.41, 5.74) is 1.80. The summed E-state index contributed by atoms with van der Waals surface area (Å²) < 4.78 is 41.7. The first-order valence-corrected chi connectivity index (χ1v) is 31.0. The Morgan fingerprint density at radius 1 is 0.805 bits per heavy atom. The highest BCUT2D eigenvalue weighted by Gasteiger charge is 2.41. The lowest BCUT2D eigenvalue weighted by atomic mass is 10.1. The van der Waals surface area contributed by atoms with Crippen molar-refractivity contribution in [3.8, 4) is 23.0 Å². The van der Waals surface area contributed by atoms with E-state index in [4.69, 9.17) is 32.8 Å². The van der Waals surface area contributed by atoms with Crippen molar-refractivity contribution in [1.29, 1.82) is 0 Å². The molecule has 0 unspecified atom stereocenters. The largest absolute Gasteiger partial charge is 0.493 e. The SMILES string of the molecule is C=C1C[C@@H](CO[Si](C)(C)C(C)(C)C)N(C(=O)c2cc(OC)c(OCCCCCOc3cc(NC(=O)OC(C)(C)C)c(C(=O)N4CC(=C)C[C@H]4CC)cc3OC)cc2NC(=O)OCC[C@@H](C)SSc2ccc([N+](=O)[O-])cn2)C1. The van der Waals surface area contributed by atoms with Crippen molar-refractivity contribution in [3.05, 3.63) is 88.1 Å². The first-order chi connectivity index (χ1) is 36.2. The third kappa shape index (κ3) is 17.8. The molecule has 77 heavy (non-hydrogen) atoms. The van der Waals surface area contributed by atoms with Crippen molar-refractivity contribution in [3.63, 3.8) is 0 Å². The number of rotatable bonds is 25. The summed E-state index contributed by atoms with van der Waals surface area (Å²) in [7, 11) is 3.66. The molecule has 1 aromatic heterocycles. The highest BCUT2D eigenvalue weighted by Crippen LogP contribution is 2.41. The zero-order valence-electron chi connectivity index (χ0n) is 46.8. The van der Waals surface area contributed by atoms with Crippen LogP contribution < -0.4 is 29.6 Å². The molecule has 0 bridgehead atoms. The molecule has 0 saturated carbocycles. The second kappa shape index (κ2) is 27.6. The number of pyridine rings is 1. The summed E-state index contributed by atoms with van der Waals surface area (Å²) in [6.45, 7) is 30.1. The van der Waals surface area contributed by atoms with Crippen LogP contribution in [0.4, 0.5) is 26.7 Å². The van der Waals surface area contributed by atoms with Gasteiger partial charge in [-0.05, 0) is 113 Å². The molecule has 22 heteroatoms. The molecule has 5 rings (SSSR count). The minimum atomic E-state index is -2.16. The summed E-state index contributed by atoms with van der Waals surface area (Å²) in [6.07, 6.45) is 4.11. The number of carbonyl (C=O) groups excluding carboxylic acids is 4. The fourth-order valence-corrected chi connectivity index (χ4v) is 11.2. The van der Waals surface area contributed by atoms with E-state index in [1.807, 2.05) is 13.8 Å². The van der Waals surface area contributed by atoms with E-state index in [-0.39, 0.29) is 82.2 Å². The molecule has 2 aromatic carbocycles. The van der Waals surface area contributed by atoms with Crippen molar-refractivity contribution < 1.29 is 56.9 Å². The standard InChI is InChI=1S/C55H78N6O13S2Si/c1-15-38-25-35(2)32-59(38)50(62)42-28-46(69-12)48(30-44(42)58-53(65)74-54(5,6)7)71-23-18-16-17-22-70-47-29-43(57-52(64)72-24-21-37(4)75-76-49-20-19-39(31-56-49)61(66)67)41(27-45(47)68-11)51(63)60-33-36(3)26-40(60)34-73-77(13,14)55(8,9)10/h19-20,27-31,37-38,40H,2-3,15-18,21-26,32-34H2,1,4-14H3,(H,57,64)(H,58,65)/t37-,38-,40+/m1/s1. The van der Waals surface area contributed by atoms with Gasteiger partial charge in [0.15, 0.2) is 31.3 Å². The molecule has 0 radical (unpaired) electrons. The lowest BCUT2D eigenvalue weighted by molar-refractivity contribution is -0.385. The summed E-state index contributed by atoms with van der Waals surface area (Å²) in [5.74, 6) is 0.636. The molecule has 422 valence electrons. The van der Waals surface area contributed by atoms with Crippen LogP contribution in [0.2, 0.25) is 18.1 Å². The van der Waals surface area contributed by atoms with E-state index in [0.29, 0.717) is 86.2 Å². The number of hydrogen-bond donors (Lipinski definition) is 2. The first-order valence-electron chi connectivity index (χ1n) is 25.9. The maximum atomic E-state index is 14.6. The second-order valence-corrected chi connectivity index (χ2v) is 29.2. The third-order valence-electron chi connectivity index (χ3n) is 13.4. The van der Waals surface area contributed by atoms with E-state index in [1.165, 1.54) is 48.1 Å². The van der Waals surface area contributed by atoms with Gasteiger partial charge in [0.1, 0.15) is 16.8 Å². The number of nitro groups is 1. The van der Waals surface area contributed by atoms with Crippen LogP contribution >= 0.6 is 21.6 Å². The van der Waals surface area contributed by atoms with Gasteiger partial charge in [-0.25, -0.2) is 14.6 Å². The summed E-state index contributed by atoms with van der Waals surface area (Å²) in [5, 5.41) is 17.2. The van der Waals surface area contributed by atoms with Crippen molar-refractivity contribution in [2.24, 2.45) is 0 Å². The average Bonchev–Trinajstić information content (AvgIpc) is 3.94. The van der Waals surface area contributed by atoms with Crippen LogP contribution in [0.15, 0.2) is 71.9 Å². The Labute approximate surface area is 462 Å². The predicted molar refractivity (Wildman–Crippen MR) is 305 cm³/mol. The lowest BCUT2D eigenvalue weighted by Gasteiger charge is -2.38. The van der Waals surface area contributed by atoms with Gasteiger partial charge < -0.3 is 42.6 Å². The van der Waals surface area contributed by atoms with Gasteiger partial charge in [-0.3, -0.25) is 30.3 Å². The topological polar surface area (TPSA) is 219 Å². The number of benzene rings is 2. The number of carbonyl (C=O) groups is 4. The van der Waals surface area contributed by atoms with Crippen molar-refractivity contribution in [2.75, 3.05) is 64.4 Å². The van der Waals surface area contributed by atoms with Crippen LogP contribution in [0, 0.1) is 10.1 Å². The van der Waals surface area contributed by atoms with Crippen LogP contribution in [0.25, 0.3) is 0 Å². The molecule has 2 saturated heterocycles. The van der Waals surface area contributed by atoms with Gasteiger partial charge >= 0.3 is 12.2 Å². The van der Waals surface area contributed by atoms with E-state index in [9.17, 15) is 29.3 Å². The number of hydrogen-bond acceptors (Lipinski definition) is 16. The highest BCUT2D eigenvalue weighted by atomic mass is 33.1. The first kappa shape index (κ1) is 61.9. The second-order valence-electron chi connectivity index (χ2n) is 21.7. The third-order valence-corrected chi connectivity index (χ3v) is 20.7. The van der Waals surface area contributed by atoms with Crippen LogP contribution in [0.5, 0.6) is 23.0 Å². The van der Waals surface area contributed by atoms with Gasteiger partial charge in [0.05, 0.1) is 74.1 Å². The Morgan fingerprint density at radius 3 is 1.82 bits per heavy atom. The number of nitrogens with one attached hydrogen (secondary N) is 2. The predicted octanol–water partition coefficient (Wildman–Crippen LogP) is 12.7. The Kier molecular flexibility index (Phi) is 22.1. The normalized spacial score (nSPS) is 16.2. The van der Waals surface area contributed by atoms with Gasteiger partial charge in [0, 0.05) is 42.6 Å². The van der Waals surface area contributed by atoms with E-state index in [1.54, 1.807) is 60.9 Å². The van der Waals surface area contributed by atoms with Crippen molar-refractivity contribution in [1.82, 2.24) is 14.8 Å². The van der Waals surface area contributed by atoms with E-state index in [0.717, 1.165) is 17.6 Å². The highest BCUT2D eigenvalue weighted by molar-refractivity contribution is 8.76. The Bertz CT molecular complexity index is 2610. The molecule has 2 aliphatic heterocycles. The van der Waals surface area contributed by atoms with Gasteiger partial charge in [-0.15, -0.1) is 0 Å². The Hall–Kier alpha value is -5.97. The van der Waals surface area contributed by atoms with Gasteiger partial charge in [0.25, 0.3) is 17.5 Å². The summed E-state index contributed by atoms with van der Waals surface area (Å²) in [4.78, 5) is 73.4. The zero-order valence-corrected chi connectivity index (χ0v) is 49.4. The molecule has 0 spiro atoms. The number of anilines is 2.